The normalized spacial score (nSPS) is 10.9. The molecular weight excluding hydrogens is 459 g/mol. The molecule has 3 aromatic carbocycles. The molecule has 3 aromatic rings. The van der Waals surface area contributed by atoms with Crippen LogP contribution >= 0.6 is 0 Å². The summed E-state index contributed by atoms with van der Waals surface area (Å²) in [5.41, 5.74) is 2.12. The van der Waals surface area contributed by atoms with Gasteiger partial charge in [0.1, 0.15) is 0 Å². The quantitative estimate of drug-likeness (QED) is 0.194. The number of hydrogen-bond acceptors (Lipinski definition) is 2. The van der Waals surface area contributed by atoms with Gasteiger partial charge in [-0.05, 0) is 0 Å². The Morgan fingerprint density at radius 2 is 1.25 bits per heavy atom. The van der Waals surface area contributed by atoms with Gasteiger partial charge in [-0.3, -0.25) is 0 Å². The molecule has 2 nitrogen and oxygen atoms in total. The van der Waals surface area contributed by atoms with Crippen LogP contribution in [0.5, 0.6) is 0 Å². The van der Waals surface area contributed by atoms with Crippen LogP contribution in [0.2, 0.25) is 0 Å². The van der Waals surface area contributed by atoms with E-state index in [1.54, 1.807) is 0 Å². The van der Waals surface area contributed by atoms with Crippen molar-refractivity contribution in [2.45, 2.75) is 26.1 Å². The number of hydrogen-bond donors (Lipinski definition) is 0. The molecule has 0 saturated carbocycles. The van der Waals surface area contributed by atoms with Crippen molar-refractivity contribution in [2.75, 3.05) is 13.2 Å². The molecule has 0 unspecified atom stereocenters. The van der Waals surface area contributed by atoms with Gasteiger partial charge < -0.3 is 0 Å². The van der Waals surface area contributed by atoms with Crippen molar-refractivity contribution in [1.82, 2.24) is 0 Å². The van der Waals surface area contributed by atoms with Gasteiger partial charge in [-0.15, -0.1) is 0 Å². The molecule has 0 radical (unpaired) electrons. The molecule has 164 valence electrons. The van der Waals surface area contributed by atoms with Gasteiger partial charge in [-0.2, -0.15) is 0 Å². The summed E-state index contributed by atoms with van der Waals surface area (Å²) < 4.78 is 13.6. The molecule has 3 heteroatoms. The van der Waals surface area contributed by atoms with Crippen molar-refractivity contribution in [3.8, 4) is 10.7 Å². The molecule has 0 aliphatic heterocycles. The maximum absolute atomic E-state index is 6.17. The van der Waals surface area contributed by atoms with Crippen LogP contribution in [0.3, 0.4) is 0 Å². The zero-order valence-corrected chi connectivity index (χ0v) is 20.1. The molecule has 3 rings (SSSR count). The first-order valence-corrected chi connectivity index (χ1v) is 12.5. The van der Waals surface area contributed by atoms with Gasteiger partial charge in [0.2, 0.25) is 0 Å². The average molecular weight is 490 g/mol. The molecule has 0 spiro atoms. The van der Waals surface area contributed by atoms with Crippen LogP contribution in [-0.4, -0.2) is 28.2 Å². The Bertz CT molecular complexity index is 930. The van der Waals surface area contributed by atoms with E-state index in [9.17, 15) is 0 Å². The predicted molar refractivity (Wildman–Crippen MR) is 134 cm³/mol. The molecule has 0 aromatic heterocycles. The zero-order valence-electron chi connectivity index (χ0n) is 18.4. The molecule has 0 amide bonds. The number of ether oxygens (including phenoxy) is 2. The third kappa shape index (κ3) is 8.50. The standard InChI is InChI=1S/C29H30O2Se/c1-2-19-29(24-30-22-26-13-6-3-7-14-26,25-31-23-27-15-8-4-9-16-27)20-12-21-32-28-17-10-5-11-18-28/h2-11,13-18H,1,19-20,22-25H2. The molecule has 0 saturated heterocycles. The molecular formula is C29H30O2Se. The van der Waals surface area contributed by atoms with Gasteiger partial charge in [0.15, 0.2) is 0 Å². The van der Waals surface area contributed by atoms with Gasteiger partial charge in [0.05, 0.1) is 0 Å². The summed E-state index contributed by atoms with van der Waals surface area (Å²) in [5, 5.41) is 0. The Balaban J connectivity index is 1.64. The third-order valence-electron chi connectivity index (χ3n) is 5.06. The fourth-order valence-corrected chi connectivity index (χ4v) is 4.53. The summed E-state index contributed by atoms with van der Waals surface area (Å²) in [6.07, 6.45) is 3.47. The second-order valence-electron chi connectivity index (χ2n) is 7.82. The van der Waals surface area contributed by atoms with Crippen molar-refractivity contribution >= 4 is 19.4 Å². The molecule has 0 N–H and O–H groups in total. The molecule has 0 fully saturated rings. The zero-order chi connectivity index (χ0) is 22.3. The summed E-state index contributed by atoms with van der Waals surface area (Å²) >= 11 is 0.150. The van der Waals surface area contributed by atoms with E-state index < -0.39 is 0 Å². The van der Waals surface area contributed by atoms with E-state index in [-0.39, 0.29) is 20.4 Å². The van der Waals surface area contributed by atoms with E-state index in [1.807, 2.05) is 48.5 Å². The molecule has 32 heavy (non-hydrogen) atoms. The van der Waals surface area contributed by atoms with Crippen LogP contribution in [0.15, 0.2) is 104 Å². The molecule has 0 aliphatic rings. The Morgan fingerprint density at radius 3 is 1.75 bits per heavy atom. The summed E-state index contributed by atoms with van der Waals surface area (Å²) in [6.45, 7) is 6.32. The first-order valence-electron chi connectivity index (χ1n) is 10.8. The Labute approximate surface area is 198 Å². The Kier molecular flexibility index (Phi) is 10.3. The van der Waals surface area contributed by atoms with Gasteiger partial charge >= 0.3 is 199 Å². The second-order valence-corrected chi connectivity index (χ2v) is 9.67. The Morgan fingerprint density at radius 1 is 0.750 bits per heavy atom. The maximum atomic E-state index is 6.17. The first-order chi connectivity index (χ1) is 15.8. The summed E-state index contributed by atoms with van der Waals surface area (Å²) in [4.78, 5) is 3.40. The summed E-state index contributed by atoms with van der Waals surface area (Å²) in [6, 6.07) is 31.0. The number of benzene rings is 3. The van der Waals surface area contributed by atoms with E-state index in [0.717, 1.165) is 12.8 Å². The minimum atomic E-state index is -0.217. The van der Waals surface area contributed by atoms with E-state index in [1.165, 1.54) is 15.6 Å². The van der Waals surface area contributed by atoms with E-state index >= 15 is 0 Å². The fourth-order valence-electron chi connectivity index (χ4n) is 3.37. The van der Waals surface area contributed by atoms with E-state index in [4.69, 9.17) is 9.47 Å². The monoisotopic (exact) mass is 490 g/mol. The van der Waals surface area contributed by atoms with Crippen molar-refractivity contribution in [3.05, 3.63) is 115 Å². The topological polar surface area (TPSA) is 18.5 Å². The number of rotatable bonds is 12. The van der Waals surface area contributed by atoms with Crippen LogP contribution < -0.4 is 4.46 Å². The van der Waals surface area contributed by atoms with Gasteiger partial charge in [-0.25, -0.2) is 0 Å². The van der Waals surface area contributed by atoms with Crippen LogP contribution in [0.4, 0.5) is 0 Å². The van der Waals surface area contributed by atoms with E-state index in [2.05, 4.69) is 65.8 Å². The van der Waals surface area contributed by atoms with Crippen molar-refractivity contribution in [1.29, 1.82) is 0 Å². The van der Waals surface area contributed by atoms with Crippen LogP contribution in [0.25, 0.3) is 0 Å². The van der Waals surface area contributed by atoms with Gasteiger partial charge in [-0.1, -0.05) is 0 Å². The number of allylic oxidation sites excluding steroid dienone is 1. The molecule has 0 heterocycles. The summed E-state index contributed by atoms with van der Waals surface area (Å²) in [7, 11) is 0. The van der Waals surface area contributed by atoms with Crippen LogP contribution in [-0.2, 0) is 22.7 Å². The Hall–Kier alpha value is -2.60. The third-order valence-corrected chi connectivity index (χ3v) is 6.65. The summed E-state index contributed by atoms with van der Waals surface area (Å²) in [5.74, 6) is 3.43. The first kappa shape index (κ1) is 24.1. The minimum absolute atomic E-state index is 0.150. The predicted octanol–water partition coefficient (Wildman–Crippen LogP) is 5.36. The SMILES string of the molecule is C=CCC(CC#C[Se]c1ccccc1)(COCc1ccccc1)COCc1ccccc1. The molecule has 0 bridgehead atoms. The fraction of sp³-hybridized carbons (Fsp3) is 0.241. The van der Waals surface area contributed by atoms with Crippen LogP contribution in [0, 0.1) is 16.2 Å². The molecule has 0 atom stereocenters. The van der Waals surface area contributed by atoms with Crippen molar-refractivity contribution < 1.29 is 9.47 Å². The second kappa shape index (κ2) is 13.7. The molecule has 0 aliphatic carbocycles. The van der Waals surface area contributed by atoms with E-state index in [0.29, 0.717) is 26.4 Å². The van der Waals surface area contributed by atoms with Crippen LogP contribution in [0.1, 0.15) is 24.0 Å². The van der Waals surface area contributed by atoms with Gasteiger partial charge in [0, 0.05) is 0 Å². The van der Waals surface area contributed by atoms with Gasteiger partial charge in [0.25, 0.3) is 0 Å². The van der Waals surface area contributed by atoms with Crippen molar-refractivity contribution in [2.24, 2.45) is 5.41 Å². The average Bonchev–Trinajstić information content (AvgIpc) is 2.84. The van der Waals surface area contributed by atoms with Crippen molar-refractivity contribution in [3.63, 3.8) is 0 Å².